The third-order valence-corrected chi connectivity index (χ3v) is 3.51. The number of aromatic nitrogens is 1. The van der Waals surface area contributed by atoms with Crippen molar-refractivity contribution in [2.24, 2.45) is 7.05 Å². The van der Waals surface area contributed by atoms with Gasteiger partial charge in [0, 0.05) is 30.9 Å². The van der Waals surface area contributed by atoms with E-state index < -0.39 is 0 Å². The largest absolute Gasteiger partial charge is 0.351 e. The van der Waals surface area contributed by atoms with E-state index in [1.54, 1.807) is 0 Å². The molecule has 0 bridgehead atoms. The van der Waals surface area contributed by atoms with Crippen molar-refractivity contribution in [2.75, 3.05) is 0 Å². The zero-order valence-electron chi connectivity index (χ0n) is 10.4. The highest BCUT2D eigenvalue weighted by Gasteiger charge is 2.20. The highest BCUT2D eigenvalue weighted by atomic mass is 16.1. The lowest BCUT2D eigenvalue weighted by atomic mass is 9.86. The van der Waals surface area contributed by atoms with Gasteiger partial charge < -0.3 is 4.57 Å². The first-order valence-electron chi connectivity index (χ1n) is 6.20. The summed E-state index contributed by atoms with van der Waals surface area (Å²) in [5.41, 5.74) is 4.28. The number of carbonyl (C=O) groups excluding carboxylic acids is 1. The number of benzene rings is 1. The van der Waals surface area contributed by atoms with Crippen LogP contribution in [0, 0.1) is 0 Å². The van der Waals surface area contributed by atoms with Crippen LogP contribution in [-0.2, 0) is 18.3 Å². The third-order valence-electron chi connectivity index (χ3n) is 3.51. The van der Waals surface area contributed by atoms with Crippen LogP contribution in [0.25, 0.3) is 11.6 Å². The molecule has 0 unspecified atom stereocenters. The van der Waals surface area contributed by atoms with Crippen molar-refractivity contribution in [1.82, 2.24) is 4.57 Å². The Balaban J connectivity index is 2.14. The lowest BCUT2D eigenvalue weighted by molar-refractivity contribution is -0.113. The van der Waals surface area contributed by atoms with Gasteiger partial charge in [-0.25, -0.2) is 0 Å². The topological polar surface area (TPSA) is 22.0 Å². The number of hydrogen-bond donors (Lipinski definition) is 0. The number of carbonyl (C=O) groups is 1. The average molecular weight is 237 g/mol. The van der Waals surface area contributed by atoms with Gasteiger partial charge >= 0.3 is 0 Å². The molecule has 0 atom stereocenters. The van der Waals surface area contributed by atoms with Gasteiger partial charge in [-0.2, -0.15) is 0 Å². The molecule has 18 heavy (non-hydrogen) atoms. The molecule has 0 N–H and O–H groups in total. The van der Waals surface area contributed by atoms with E-state index in [2.05, 4.69) is 6.07 Å². The summed E-state index contributed by atoms with van der Waals surface area (Å²) in [7, 11) is 1.99. The number of fused-ring (bicyclic) bond motifs is 1. The summed E-state index contributed by atoms with van der Waals surface area (Å²) in [6.45, 7) is 0. The van der Waals surface area contributed by atoms with E-state index in [0.717, 1.165) is 23.3 Å². The summed E-state index contributed by atoms with van der Waals surface area (Å²) < 4.78 is 2.03. The van der Waals surface area contributed by atoms with Crippen molar-refractivity contribution in [1.29, 1.82) is 0 Å². The molecule has 0 saturated heterocycles. The van der Waals surface area contributed by atoms with E-state index >= 15 is 0 Å². The minimum Gasteiger partial charge on any atom is -0.351 e. The van der Waals surface area contributed by atoms with Crippen LogP contribution in [0.2, 0.25) is 0 Å². The van der Waals surface area contributed by atoms with Crippen molar-refractivity contribution in [2.45, 2.75) is 12.8 Å². The van der Waals surface area contributed by atoms with Gasteiger partial charge in [0.2, 0.25) is 0 Å². The molecule has 0 aliphatic heterocycles. The Labute approximate surface area is 107 Å². The quantitative estimate of drug-likeness (QED) is 0.699. The van der Waals surface area contributed by atoms with E-state index in [0.29, 0.717) is 6.42 Å². The molecule has 3 rings (SSSR count). The van der Waals surface area contributed by atoms with Crippen molar-refractivity contribution in [3.8, 4) is 0 Å². The van der Waals surface area contributed by atoms with Crippen LogP contribution >= 0.6 is 0 Å². The van der Waals surface area contributed by atoms with Gasteiger partial charge in [0.15, 0.2) is 5.78 Å². The maximum absolute atomic E-state index is 12.1. The number of ketones is 1. The molecule has 2 aromatic rings. The molecular formula is C16H15NO. The molecule has 1 aliphatic rings. The summed E-state index contributed by atoms with van der Waals surface area (Å²) in [6, 6.07) is 12.2. The normalized spacial score (nSPS) is 16.9. The monoisotopic (exact) mass is 237 g/mol. The first-order chi connectivity index (χ1) is 8.75. The molecular weight excluding hydrogens is 222 g/mol. The molecule has 0 saturated carbocycles. The molecule has 0 radical (unpaired) electrons. The van der Waals surface area contributed by atoms with E-state index in [-0.39, 0.29) is 5.78 Å². The van der Waals surface area contributed by atoms with Crippen LogP contribution < -0.4 is 0 Å². The summed E-state index contributed by atoms with van der Waals surface area (Å²) in [5.74, 6) is 0.245. The highest BCUT2D eigenvalue weighted by Crippen LogP contribution is 2.29. The molecule has 90 valence electrons. The summed E-state index contributed by atoms with van der Waals surface area (Å²) in [5, 5.41) is 0. The van der Waals surface area contributed by atoms with Gasteiger partial charge in [0.1, 0.15) is 0 Å². The Morgan fingerprint density at radius 1 is 1.11 bits per heavy atom. The van der Waals surface area contributed by atoms with E-state index in [4.69, 9.17) is 0 Å². The van der Waals surface area contributed by atoms with Gasteiger partial charge in [0.05, 0.1) is 0 Å². The van der Waals surface area contributed by atoms with Crippen molar-refractivity contribution < 1.29 is 4.79 Å². The van der Waals surface area contributed by atoms with Crippen LogP contribution in [0.3, 0.4) is 0 Å². The second kappa shape index (κ2) is 4.30. The number of aryl methyl sites for hydroxylation is 2. The first-order valence-corrected chi connectivity index (χ1v) is 6.20. The molecule has 1 aromatic heterocycles. The minimum absolute atomic E-state index is 0.245. The maximum atomic E-state index is 12.1. The fourth-order valence-electron chi connectivity index (χ4n) is 2.46. The number of nitrogens with zero attached hydrogens (tertiary/aromatic N) is 1. The Morgan fingerprint density at radius 3 is 2.72 bits per heavy atom. The Kier molecular flexibility index (Phi) is 2.63. The first kappa shape index (κ1) is 11.0. The predicted octanol–water partition coefficient (Wildman–Crippen LogP) is 3.08. The Hall–Kier alpha value is -2.09. The van der Waals surface area contributed by atoms with Crippen LogP contribution in [0.15, 0.2) is 42.6 Å². The smallest absolute Gasteiger partial charge is 0.163 e. The van der Waals surface area contributed by atoms with Crippen LogP contribution in [0.5, 0.6) is 0 Å². The van der Waals surface area contributed by atoms with Gasteiger partial charge in [-0.05, 0) is 35.8 Å². The number of Topliss-reactive ketones (excluding diaryl/α,β-unsaturated/α-hetero) is 1. The van der Waals surface area contributed by atoms with Gasteiger partial charge in [-0.15, -0.1) is 0 Å². The number of hydrogen-bond acceptors (Lipinski definition) is 1. The summed E-state index contributed by atoms with van der Waals surface area (Å²) in [6.07, 6.45) is 5.47. The molecule has 1 heterocycles. The second-order valence-corrected chi connectivity index (χ2v) is 4.68. The molecule has 0 fully saturated rings. The predicted molar refractivity (Wildman–Crippen MR) is 73.1 cm³/mol. The zero-order chi connectivity index (χ0) is 12.5. The van der Waals surface area contributed by atoms with E-state index in [1.165, 1.54) is 5.56 Å². The molecule has 0 spiro atoms. The molecule has 2 nitrogen and oxygen atoms in total. The maximum Gasteiger partial charge on any atom is 0.163 e. The van der Waals surface area contributed by atoms with E-state index in [9.17, 15) is 4.79 Å². The summed E-state index contributed by atoms with van der Waals surface area (Å²) in [4.78, 5) is 12.1. The van der Waals surface area contributed by atoms with E-state index in [1.807, 2.05) is 54.2 Å². The average Bonchev–Trinajstić information content (AvgIpc) is 2.79. The van der Waals surface area contributed by atoms with Crippen LogP contribution in [0.1, 0.15) is 23.2 Å². The van der Waals surface area contributed by atoms with Crippen LogP contribution in [0.4, 0.5) is 0 Å². The lowest BCUT2D eigenvalue weighted by Gasteiger charge is -2.17. The standard InChI is InChI=1S/C16H15NO/c1-17-10-4-6-13(17)11-15-14-7-3-2-5-12(14)8-9-16(15)18/h2-7,10-11H,8-9H2,1H3. The Bertz CT molecular complexity index is 634. The number of rotatable bonds is 1. The third kappa shape index (κ3) is 1.80. The molecule has 1 aromatic carbocycles. The SMILES string of the molecule is Cn1cccc1C=C1C(=O)CCc2ccccc21. The highest BCUT2D eigenvalue weighted by molar-refractivity contribution is 6.26. The van der Waals surface area contributed by atoms with Gasteiger partial charge in [-0.1, -0.05) is 24.3 Å². The molecule has 0 amide bonds. The van der Waals surface area contributed by atoms with Gasteiger partial charge in [-0.3, -0.25) is 4.79 Å². The zero-order valence-corrected chi connectivity index (χ0v) is 10.4. The van der Waals surface area contributed by atoms with Crippen molar-refractivity contribution in [3.63, 3.8) is 0 Å². The fraction of sp³-hybridized carbons (Fsp3) is 0.188. The number of allylic oxidation sites excluding steroid dienone is 1. The summed E-state index contributed by atoms with van der Waals surface area (Å²) >= 11 is 0. The molecule has 2 heteroatoms. The van der Waals surface area contributed by atoms with Crippen molar-refractivity contribution in [3.05, 3.63) is 59.4 Å². The lowest BCUT2D eigenvalue weighted by Crippen LogP contribution is -2.12. The van der Waals surface area contributed by atoms with Crippen molar-refractivity contribution >= 4 is 17.4 Å². The molecule has 1 aliphatic carbocycles. The minimum atomic E-state index is 0.245. The fourth-order valence-corrected chi connectivity index (χ4v) is 2.46. The van der Waals surface area contributed by atoms with Gasteiger partial charge in [0.25, 0.3) is 0 Å². The van der Waals surface area contributed by atoms with Crippen LogP contribution in [-0.4, -0.2) is 10.4 Å². The second-order valence-electron chi connectivity index (χ2n) is 4.68. The Morgan fingerprint density at radius 2 is 1.94 bits per heavy atom.